The predicted molar refractivity (Wildman–Crippen MR) is 67.4 cm³/mol. The van der Waals surface area contributed by atoms with E-state index in [-0.39, 0.29) is 0 Å². The summed E-state index contributed by atoms with van der Waals surface area (Å²) in [5.41, 5.74) is 2.58. The first-order valence-electron chi connectivity index (χ1n) is 6.35. The van der Waals surface area contributed by atoms with Gasteiger partial charge in [0, 0.05) is 12.1 Å². The molecule has 0 amide bonds. The zero-order valence-corrected chi connectivity index (χ0v) is 10.1. The van der Waals surface area contributed by atoms with Crippen LogP contribution in [0.2, 0.25) is 0 Å². The minimum atomic E-state index is 0.606. The van der Waals surface area contributed by atoms with Gasteiger partial charge in [-0.15, -0.1) is 0 Å². The maximum absolute atomic E-state index is 5.39. The summed E-state index contributed by atoms with van der Waals surface area (Å²) in [6.07, 6.45) is 5.45. The number of aryl methyl sites for hydroxylation is 1. The van der Waals surface area contributed by atoms with E-state index in [1.54, 1.807) is 0 Å². The van der Waals surface area contributed by atoms with Gasteiger partial charge >= 0.3 is 0 Å². The zero-order valence-electron chi connectivity index (χ0n) is 10.1. The van der Waals surface area contributed by atoms with Gasteiger partial charge in [0.2, 0.25) is 0 Å². The molecule has 92 valence electrons. The highest BCUT2D eigenvalue weighted by Gasteiger charge is 2.41. The number of nitrogens with two attached hydrogens (primary N) is 1. The molecule has 5 heteroatoms. The molecule has 4 N–H and O–H groups in total. The summed E-state index contributed by atoms with van der Waals surface area (Å²) in [5.74, 6) is 9.42. The van der Waals surface area contributed by atoms with Crippen LogP contribution >= 0.6 is 0 Å². The molecule has 2 aliphatic carbocycles. The van der Waals surface area contributed by atoms with Gasteiger partial charge in [0.05, 0.1) is 0 Å². The number of hydrazine groups is 1. The largest absolute Gasteiger partial charge is 0.367 e. The Hall–Kier alpha value is -1.36. The predicted octanol–water partition coefficient (Wildman–Crippen LogP) is 1.67. The van der Waals surface area contributed by atoms with E-state index in [0.717, 1.165) is 23.5 Å². The number of hydrogen-bond donors (Lipinski definition) is 3. The van der Waals surface area contributed by atoms with Gasteiger partial charge in [0.25, 0.3) is 0 Å². The second-order valence-electron chi connectivity index (χ2n) is 5.17. The molecule has 2 aliphatic rings. The third kappa shape index (κ3) is 2.49. The highest BCUT2D eigenvalue weighted by molar-refractivity contribution is 5.47. The molecule has 3 rings (SSSR count). The number of nitrogens with one attached hydrogen (secondary N) is 2. The van der Waals surface area contributed by atoms with Crippen molar-refractivity contribution in [2.45, 2.75) is 38.6 Å². The lowest BCUT2D eigenvalue weighted by molar-refractivity contribution is 0.565. The van der Waals surface area contributed by atoms with Crippen molar-refractivity contribution >= 4 is 11.6 Å². The third-order valence-corrected chi connectivity index (χ3v) is 3.56. The van der Waals surface area contributed by atoms with Crippen LogP contribution in [0.4, 0.5) is 11.6 Å². The van der Waals surface area contributed by atoms with Crippen molar-refractivity contribution in [2.24, 2.45) is 17.7 Å². The summed E-state index contributed by atoms with van der Waals surface area (Å²) in [6.45, 7) is 1.88. The molecule has 0 bridgehead atoms. The van der Waals surface area contributed by atoms with Gasteiger partial charge < -0.3 is 10.7 Å². The van der Waals surface area contributed by atoms with Crippen molar-refractivity contribution in [1.82, 2.24) is 9.97 Å². The monoisotopic (exact) mass is 233 g/mol. The molecule has 1 heterocycles. The van der Waals surface area contributed by atoms with Gasteiger partial charge in [0.1, 0.15) is 17.5 Å². The highest BCUT2D eigenvalue weighted by Crippen LogP contribution is 2.45. The van der Waals surface area contributed by atoms with Gasteiger partial charge in [-0.3, -0.25) is 0 Å². The van der Waals surface area contributed by atoms with E-state index in [4.69, 9.17) is 5.84 Å². The summed E-state index contributed by atoms with van der Waals surface area (Å²) >= 11 is 0. The lowest BCUT2D eigenvalue weighted by Crippen LogP contribution is -2.25. The van der Waals surface area contributed by atoms with Crippen molar-refractivity contribution in [2.75, 3.05) is 10.7 Å². The maximum Gasteiger partial charge on any atom is 0.145 e. The molecule has 0 spiro atoms. The Balaban J connectivity index is 1.76. The van der Waals surface area contributed by atoms with Crippen molar-refractivity contribution < 1.29 is 0 Å². The molecule has 0 unspecified atom stereocenters. The van der Waals surface area contributed by atoms with Crippen molar-refractivity contribution in [3.8, 4) is 0 Å². The van der Waals surface area contributed by atoms with Crippen LogP contribution in [-0.4, -0.2) is 16.0 Å². The minimum Gasteiger partial charge on any atom is -0.367 e. The smallest absolute Gasteiger partial charge is 0.145 e. The average Bonchev–Trinajstić information content (AvgIpc) is 3.16. The molecule has 2 saturated carbocycles. The van der Waals surface area contributed by atoms with E-state index < -0.39 is 0 Å². The average molecular weight is 233 g/mol. The van der Waals surface area contributed by atoms with Crippen LogP contribution in [0.15, 0.2) is 6.07 Å². The molecule has 1 aromatic rings. The summed E-state index contributed by atoms with van der Waals surface area (Å²) in [4.78, 5) is 8.62. The molecule has 17 heavy (non-hydrogen) atoms. The number of nitrogen functional groups attached to an aromatic ring is 1. The molecule has 5 nitrogen and oxygen atoms in total. The quantitative estimate of drug-likeness (QED) is 0.533. The molecule has 0 aromatic carbocycles. The van der Waals surface area contributed by atoms with Crippen molar-refractivity contribution in [1.29, 1.82) is 0 Å². The third-order valence-electron chi connectivity index (χ3n) is 3.56. The molecule has 0 aliphatic heterocycles. The first kappa shape index (κ1) is 10.8. The van der Waals surface area contributed by atoms with Crippen LogP contribution in [-0.2, 0) is 0 Å². The van der Waals surface area contributed by atoms with Gasteiger partial charge in [-0.2, -0.15) is 0 Å². The van der Waals surface area contributed by atoms with E-state index in [1.807, 2.05) is 13.0 Å². The van der Waals surface area contributed by atoms with Gasteiger partial charge in [-0.05, 0) is 44.4 Å². The van der Waals surface area contributed by atoms with E-state index in [1.165, 1.54) is 25.7 Å². The van der Waals surface area contributed by atoms with Crippen LogP contribution in [0.25, 0.3) is 0 Å². The fraction of sp³-hybridized carbons (Fsp3) is 0.667. The first-order valence-corrected chi connectivity index (χ1v) is 6.35. The maximum atomic E-state index is 5.39. The number of nitrogens with zero attached hydrogens (tertiary/aromatic N) is 2. The molecule has 2 fully saturated rings. The van der Waals surface area contributed by atoms with E-state index >= 15 is 0 Å². The van der Waals surface area contributed by atoms with Crippen LogP contribution in [0.1, 0.15) is 31.5 Å². The molecular formula is C12H19N5. The minimum absolute atomic E-state index is 0.606. The first-order chi connectivity index (χ1) is 8.26. The number of rotatable bonds is 5. The number of aromatic nitrogens is 2. The summed E-state index contributed by atoms with van der Waals surface area (Å²) in [6, 6.07) is 2.49. The van der Waals surface area contributed by atoms with Crippen LogP contribution < -0.4 is 16.6 Å². The van der Waals surface area contributed by atoms with E-state index in [2.05, 4.69) is 20.7 Å². The fourth-order valence-corrected chi connectivity index (χ4v) is 2.42. The summed E-state index contributed by atoms with van der Waals surface area (Å²) < 4.78 is 0. The van der Waals surface area contributed by atoms with Crippen LogP contribution in [0.3, 0.4) is 0 Å². The SMILES string of the molecule is Cc1nc(NN)cc(NC(C2CC2)C2CC2)n1. The normalized spacial score (nSPS) is 19.5. The van der Waals surface area contributed by atoms with Gasteiger partial charge in [-0.1, -0.05) is 0 Å². The van der Waals surface area contributed by atoms with Gasteiger partial charge in [0.15, 0.2) is 0 Å². The molecular weight excluding hydrogens is 214 g/mol. The Kier molecular flexibility index (Phi) is 2.63. The van der Waals surface area contributed by atoms with Crippen molar-refractivity contribution in [3.05, 3.63) is 11.9 Å². The van der Waals surface area contributed by atoms with Gasteiger partial charge in [-0.25, -0.2) is 15.8 Å². The second kappa shape index (κ2) is 4.14. The lowest BCUT2D eigenvalue weighted by Gasteiger charge is -2.18. The topological polar surface area (TPSA) is 75.9 Å². The Labute approximate surface area is 101 Å². The molecule has 0 atom stereocenters. The van der Waals surface area contributed by atoms with E-state index in [0.29, 0.717) is 11.9 Å². The van der Waals surface area contributed by atoms with Crippen LogP contribution in [0, 0.1) is 18.8 Å². The molecule has 0 radical (unpaired) electrons. The van der Waals surface area contributed by atoms with Crippen molar-refractivity contribution in [3.63, 3.8) is 0 Å². The van der Waals surface area contributed by atoms with Crippen LogP contribution in [0.5, 0.6) is 0 Å². The Morgan fingerprint density at radius 3 is 2.29 bits per heavy atom. The summed E-state index contributed by atoms with van der Waals surface area (Å²) in [7, 11) is 0. The Bertz CT molecular complexity index is 399. The lowest BCUT2D eigenvalue weighted by atomic mass is 10.1. The van der Waals surface area contributed by atoms with E-state index in [9.17, 15) is 0 Å². The molecule has 0 saturated heterocycles. The highest BCUT2D eigenvalue weighted by atomic mass is 15.3. The molecule has 1 aromatic heterocycles. The standard InChI is InChI=1S/C12H19N5/c1-7-14-10(6-11(15-7)17-13)16-12(8-2-3-8)9-4-5-9/h6,8-9,12H,2-5,13H2,1H3,(H2,14,15,16,17). The number of hydrogen-bond acceptors (Lipinski definition) is 5. The fourth-order valence-electron chi connectivity index (χ4n) is 2.42. The Morgan fingerprint density at radius 1 is 1.18 bits per heavy atom. The number of anilines is 2. The zero-order chi connectivity index (χ0) is 11.8. The summed E-state index contributed by atoms with van der Waals surface area (Å²) in [5, 5.41) is 3.57. The second-order valence-corrected chi connectivity index (χ2v) is 5.17. The Morgan fingerprint density at radius 2 is 1.76 bits per heavy atom.